The number of aromatic nitrogens is 3. The second kappa shape index (κ2) is 7.85. The molecule has 2 aromatic carbocycles. The lowest BCUT2D eigenvalue weighted by Gasteiger charge is -2.00. The number of thiazole rings is 1. The number of nitrogens with zero attached hydrogens (tertiary/aromatic N) is 3. The zero-order valence-corrected chi connectivity index (χ0v) is 18.3. The lowest BCUT2D eigenvalue weighted by molar-refractivity contribution is 0.415. The average Bonchev–Trinajstić information content (AvgIpc) is 3.46. The van der Waals surface area contributed by atoms with Gasteiger partial charge in [-0.25, -0.2) is 0 Å². The summed E-state index contributed by atoms with van der Waals surface area (Å²) in [4.78, 5) is 17.8. The second-order valence-electron chi connectivity index (χ2n) is 6.60. The van der Waals surface area contributed by atoms with E-state index in [4.69, 9.17) is 32.4 Å². The third-order valence-corrected chi connectivity index (χ3v) is 6.13. The number of rotatable bonds is 4. The van der Waals surface area contributed by atoms with Crippen molar-refractivity contribution in [2.75, 3.05) is 7.11 Å². The molecule has 0 aliphatic heterocycles. The van der Waals surface area contributed by atoms with Gasteiger partial charge in [0, 0.05) is 22.2 Å². The van der Waals surface area contributed by atoms with Crippen LogP contribution >= 0.6 is 34.5 Å². The summed E-state index contributed by atoms with van der Waals surface area (Å²) in [5.74, 6) is 2.33. The highest BCUT2D eigenvalue weighted by atomic mass is 35.5. The van der Waals surface area contributed by atoms with Crippen molar-refractivity contribution in [3.63, 3.8) is 0 Å². The summed E-state index contributed by atoms with van der Waals surface area (Å²) in [5, 5.41) is 5.39. The minimum Gasteiger partial charge on any atom is -0.497 e. The van der Waals surface area contributed by atoms with Crippen LogP contribution in [0.3, 0.4) is 0 Å². The number of hydrogen-bond donors (Lipinski definition) is 0. The minimum atomic E-state index is -0.255. The molecule has 3 heterocycles. The van der Waals surface area contributed by atoms with Gasteiger partial charge in [-0.15, -0.1) is 5.10 Å². The van der Waals surface area contributed by atoms with Crippen molar-refractivity contribution in [3.05, 3.63) is 85.3 Å². The van der Waals surface area contributed by atoms with Crippen LogP contribution in [0.4, 0.5) is 0 Å². The topological polar surface area (TPSA) is 69.6 Å². The molecule has 0 amide bonds. The fourth-order valence-electron chi connectivity index (χ4n) is 3.09. The summed E-state index contributed by atoms with van der Waals surface area (Å²) >= 11 is 13.4. The highest BCUT2D eigenvalue weighted by Crippen LogP contribution is 2.31. The lowest BCUT2D eigenvalue weighted by Crippen LogP contribution is -2.23. The maximum Gasteiger partial charge on any atom is 0.291 e. The van der Waals surface area contributed by atoms with Gasteiger partial charge in [0.25, 0.3) is 5.56 Å². The second-order valence-corrected chi connectivity index (χ2v) is 8.45. The highest BCUT2D eigenvalue weighted by molar-refractivity contribution is 7.15. The maximum absolute atomic E-state index is 12.8. The van der Waals surface area contributed by atoms with Crippen molar-refractivity contribution in [1.29, 1.82) is 0 Å². The monoisotopic (exact) mass is 469 g/mol. The first-order chi connectivity index (χ1) is 15.0. The number of hydrogen-bond acceptors (Lipinski definition) is 6. The van der Waals surface area contributed by atoms with E-state index in [0.29, 0.717) is 36.9 Å². The predicted octanol–water partition coefficient (Wildman–Crippen LogP) is 4.94. The van der Waals surface area contributed by atoms with Gasteiger partial charge < -0.3 is 9.15 Å². The summed E-state index contributed by atoms with van der Waals surface area (Å²) < 4.78 is 12.8. The van der Waals surface area contributed by atoms with Crippen molar-refractivity contribution in [3.8, 4) is 28.5 Å². The Hall–Kier alpha value is -3.13. The van der Waals surface area contributed by atoms with Crippen molar-refractivity contribution in [2.24, 2.45) is 0 Å². The molecule has 0 saturated carbocycles. The zero-order valence-electron chi connectivity index (χ0n) is 16.0. The molecule has 0 aliphatic rings. The molecule has 5 rings (SSSR count). The molecule has 154 valence electrons. The predicted molar refractivity (Wildman–Crippen MR) is 122 cm³/mol. The Morgan fingerprint density at radius 3 is 2.61 bits per heavy atom. The molecule has 0 fully saturated rings. The fourth-order valence-corrected chi connectivity index (χ4v) is 4.48. The molecule has 5 aromatic rings. The van der Waals surface area contributed by atoms with Gasteiger partial charge in [-0.1, -0.05) is 34.5 Å². The van der Waals surface area contributed by atoms with Crippen LogP contribution in [0.5, 0.6) is 5.75 Å². The lowest BCUT2D eigenvalue weighted by atomic mass is 10.2. The largest absolute Gasteiger partial charge is 0.497 e. The molecular weight excluding hydrogens is 457 g/mol. The molecule has 0 N–H and O–H groups in total. The van der Waals surface area contributed by atoms with Gasteiger partial charge in [0.1, 0.15) is 21.8 Å². The smallest absolute Gasteiger partial charge is 0.291 e. The van der Waals surface area contributed by atoms with Crippen LogP contribution in [0.1, 0.15) is 5.76 Å². The molecule has 0 atom stereocenters. The van der Waals surface area contributed by atoms with E-state index in [1.165, 1.54) is 15.9 Å². The molecule has 0 spiro atoms. The van der Waals surface area contributed by atoms with E-state index in [1.54, 1.807) is 43.5 Å². The number of ether oxygens (including phenoxy) is 1. The van der Waals surface area contributed by atoms with Gasteiger partial charge in [-0.2, -0.15) is 9.50 Å². The summed E-state index contributed by atoms with van der Waals surface area (Å²) in [6, 6.07) is 16.1. The van der Waals surface area contributed by atoms with Crippen LogP contribution in [0, 0.1) is 0 Å². The molecule has 0 radical (unpaired) electrons. The molecule has 0 aliphatic carbocycles. The SMILES string of the molecule is COc1ccc(-c2nc3sc(=Cc4ccc(-c5ccc(Cl)cc5Cl)o4)c(=O)n3n2)cc1. The van der Waals surface area contributed by atoms with E-state index in [1.807, 2.05) is 24.3 Å². The van der Waals surface area contributed by atoms with Crippen molar-refractivity contribution in [1.82, 2.24) is 14.6 Å². The third kappa shape index (κ3) is 3.72. The summed E-state index contributed by atoms with van der Waals surface area (Å²) in [6.45, 7) is 0. The van der Waals surface area contributed by atoms with Gasteiger partial charge in [0.05, 0.1) is 12.1 Å². The Bertz CT molecular complexity index is 1520. The Morgan fingerprint density at radius 2 is 1.90 bits per heavy atom. The van der Waals surface area contributed by atoms with E-state index in [2.05, 4.69) is 10.1 Å². The van der Waals surface area contributed by atoms with Gasteiger partial charge in [-0.3, -0.25) is 4.79 Å². The summed E-state index contributed by atoms with van der Waals surface area (Å²) in [5.41, 5.74) is 1.27. The number of methoxy groups -OCH3 is 1. The maximum atomic E-state index is 12.8. The zero-order chi connectivity index (χ0) is 21.5. The van der Waals surface area contributed by atoms with Crippen LogP contribution in [-0.4, -0.2) is 21.7 Å². The van der Waals surface area contributed by atoms with Crippen molar-refractivity contribution < 1.29 is 9.15 Å². The van der Waals surface area contributed by atoms with Crippen LogP contribution in [0.25, 0.3) is 33.7 Å². The van der Waals surface area contributed by atoms with Crippen LogP contribution < -0.4 is 14.8 Å². The Balaban J connectivity index is 1.49. The number of halogens is 2. The first-order valence-corrected chi connectivity index (χ1v) is 10.7. The number of fused-ring (bicyclic) bond motifs is 1. The molecule has 0 saturated heterocycles. The first kappa shape index (κ1) is 19.8. The van der Waals surface area contributed by atoms with E-state index in [-0.39, 0.29) is 5.56 Å². The van der Waals surface area contributed by atoms with E-state index >= 15 is 0 Å². The first-order valence-electron chi connectivity index (χ1n) is 9.13. The van der Waals surface area contributed by atoms with Crippen LogP contribution in [0.15, 0.2) is 63.8 Å². The molecule has 9 heteroatoms. The molecule has 0 bridgehead atoms. The Kier molecular flexibility index (Phi) is 5.02. The van der Waals surface area contributed by atoms with Crippen molar-refractivity contribution in [2.45, 2.75) is 0 Å². The van der Waals surface area contributed by atoms with E-state index < -0.39 is 0 Å². The summed E-state index contributed by atoms with van der Waals surface area (Å²) in [6.07, 6.45) is 1.67. The molecule has 6 nitrogen and oxygen atoms in total. The van der Waals surface area contributed by atoms with Crippen LogP contribution in [0.2, 0.25) is 10.0 Å². The minimum absolute atomic E-state index is 0.255. The van der Waals surface area contributed by atoms with Gasteiger partial charge in [0.15, 0.2) is 5.82 Å². The van der Waals surface area contributed by atoms with Gasteiger partial charge in [-0.05, 0) is 54.6 Å². The fraction of sp³-hybridized carbons (Fsp3) is 0.0455. The Labute approximate surface area is 189 Å². The normalized spacial score (nSPS) is 12.0. The number of benzene rings is 2. The number of furan rings is 1. The molecular formula is C22H13Cl2N3O3S. The average molecular weight is 470 g/mol. The van der Waals surface area contributed by atoms with E-state index in [9.17, 15) is 4.79 Å². The van der Waals surface area contributed by atoms with Crippen molar-refractivity contribution >= 4 is 45.6 Å². The molecule has 0 unspecified atom stereocenters. The quantitative estimate of drug-likeness (QED) is 0.372. The van der Waals surface area contributed by atoms with Crippen LogP contribution in [-0.2, 0) is 0 Å². The third-order valence-electron chi connectivity index (χ3n) is 4.63. The molecule has 3 aromatic heterocycles. The Morgan fingerprint density at radius 1 is 1.10 bits per heavy atom. The van der Waals surface area contributed by atoms with Gasteiger partial charge >= 0.3 is 0 Å². The summed E-state index contributed by atoms with van der Waals surface area (Å²) in [7, 11) is 1.60. The van der Waals surface area contributed by atoms with Gasteiger partial charge in [0.2, 0.25) is 4.96 Å². The highest BCUT2D eigenvalue weighted by Gasteiger charge is 2.13. The standard InChI is InChI=1S/C22H13Cl2N3O3S/c1-29-14-5-2-12(3-6-14)20-25-22-27(26-20)21(28)19(31-22)11-15-7-9-18(30-15)16-8-4-13(23)10-17(16)24/h2-11H,1H3. The van der Waals surface area contributed by atoms with E-state index in [0.717, 1.165) is 16.9 Å². The molecule has 31 heavy (non-hydrogen) atoms.